The summed E-state index contributed by atoms with van der Waals surface area (Å²) in [4.78, 5) is 2.12. The zero-order chi connectivity index (χ0) is 17.1. The molecule has 0 aliphatic carbocycles. The molecule has 1 heterocycles. The summed E-state index contributed by atoms with van der Waals surface area (Å²) in [6.07, 6.45) is 0.170. The highest BCUT2D eigenvalue weighted by Gasteiger charge is 2.25. The van der Waals surface area contributed by atoms with Crippen LogP contribution in [-0.4, -0.2) is 49.3 Å². The monoisotopic (exact) mass is 343 g/mol. The highest BCUT2D eigenvalue weighted by Crippen LogP contribution is 2.19. The molecule has 0 spiro atoms. The third-order valence-corrected chi connectivity index (χ3v) is 4.15. The van der Waals surface area contributed by atoms with Gasteiger partial charge in [-0.2, -0.15) is 8.42 Å². The van der Waals surface area contributed by atoms with Crippen molar-refractivity contribution in [3.8, 4) is 0 Å². The zero-order valence-electron chi connectivity index (χ0n) is 13.9. The van der Waals surface area contributed by atoms with Gasteiger partial charge in [-0.15, -0.1) is 0 Å². The molecule has 2 rings (SSSR count). The zero-order valence-corrected chi connectivity index (χ0v) is 14.7. The molecule has 0 saturated heterocycles. The second-order valence-electron chi connectivity index (χ2n) is 6.82. The van der Waals surface area contributed by atoms with Crippen LogP contribution in [0.2, 0.25) is 0 Å². The Kier molecular flexibility index (Phi) is 5.80. The van der Waals surface area contributed by atoms with E-state index in [1.54, 1.807) is 0 Å². The molecular weight excluding hydrogens is 318 g/mol. The van der Waals surface area contributed by atoms with Crippen molar-refractivity contribution in [2.75, 3.05) is 19.7 Å². The van der Waals surface area contributed by atoms with Gasteiger partial charge in [0.15, 0.2) is 0 Å². The molecule has 1 aromatic carbocycles. The maximum absolute atomic E-state index is 11.1. The van der Waals surface area contributed by atoms with E-state index in [1.165, 1.54) is 11.1 Å². The lowest BCUT2D eigenvalue weighted by molar-refractivity contribution is -0.0503. The SMILES string of the molecule is CC(C)(C)OCC(CN1CCc2ccccc2C1)OS(=O)(=O)O. The molecule has 0 aromatic heterocycles. The average molecular weight is 343 g/mol. The van der Waals surface area contributed by atoms with Crippen LogP contribution < -0.4 is 0 Å². The van der Waals surface area contributed by atoms with Crippen LogP contribution in [0.4, 0.5) is 0 Å². The van der Waals surface area contributed by atoms with Crippen molar-refractivity contribution in [1.29, 1.82) is 0 Å². The van der Waals surface area contributed by atoms with Crippen LogP contribution in [0.5, 0.6) is 0 Å². The van der Waals surface area contributed by atoms with Gasteiger partial charge in [-0.1, -0.05) is 24.3 Å². The lowest BCUT2D eigenvalue weighted by Gasteiger charge is -2.32. The first kappa shape index (κ1) is 18.4. The van der Waals surface area contributed by atoms with Gasteiger partial charge in [0, 0.05) is 19.6 Å². The predicted octanol–water partition coefficient (Wildman–Crippen LogP) is 2.05. The molecule has 1 unspecified atom stereocenters. The summed E-state index contributed by atoms with van der Waals surface area (Å²) in [6, 6.07) is 8.21. The highest BCUT2D eigenvalue weighted by atomic mass is 32.3. The molecule has 130 valence electrons. The van der Waals surface area contributed by atoms with Gasteiger partial charge >= 0.3 is 10.4 Å². The van der Waals surface area contributed by atoms with Crippen molar-refractivity contribution < 1.29 is 21.9 Å². The third-order valence-electron chi connectivity index (χ3n) is 3.63. The second kappa shape index (κ2) is 7.27. The molecule has 1 N–H and O–H groups in total. The van der Waals surface area contributed by atoms with Crippen LogP contribution in [0.3, 0.4) is 0 Å². The minimum atomic E-state index is -4.51. The Morgan fingerprint density at radius 2 is 1.91 bits per heavy atom. The minimum absolute atomic E-state index is 0.0986. The van der Waals surface area contributed by atoms with E-state index in [0.717, 1.165) is 19.5 Å². The third kappa shape index (κ3) is 6.56. The fourth-order valence-corrected chi connectivity index (χ4v) is 3.08. The van der Waals surface area contributed by atoms with Gasteiger partial charge in [0.05, 0.1) is 12.2 Å². The number of hydrogen-bond donors (Lipinski definition) is 1. The molecule has 1 aromatic rings. The summed E-state index contributed by atoms with van der Waals surface area (Å²) in [5.74, 6) is 0. The number of benzene rings is 1. The molecule has 0 bridgehead atoms. The Bertz CT molecular complexity index is 624. The highest BCUT2D eigenvalue weighted by molar-refractivity contribution is 7.80. The van der Waals surface area contributed by atoms with Crippen LogP contribution in [0.15, 0.2) is 24.3 Å². The van der Waals surface area contributed by atoms with E-state index in [2.05, 4.69) is 17.0 Å². The fourth-order valence-electron chi connectivity index (χ4n) is 2.62. The average Bonchev–Trinajstić information content (AvgIpc) is 2.42. The number of hydrogen-bond acceptors (Lipinski definition) is 5. The van der Waals surface area contributed by atoms with E-state index in [9.17, 15) is 8.42 Å². The Balaban J connectivity index is 2.00. The van der Waals surface area contributed by atoms with Gasteiger partial charge in [-0.3, -0.25) is 9.45 Å². The summed E-state index contributed by atoms with van der Waals surface area (Å²) >= 11 is 0. The maximum Gasteiger partial charge on any atom is 0.397 e. The molecule has 7 heteroatoms. The van der Waals surface area contributed by atoms with Gasteiger partial charge in [-0.25, -0.2) is 4.18 Å². The molecule has 23 heavy (non-hydrogen) atoms. The number of fused-ring (bicyclic) bond motifs is 1. The van der Waals surface area contributed by atoms with Crippen molar-refractivity contribution >= 4 is 10.4 Å². The van der Waals surface area contributed by atoms with E-state index < -0.39 is 22.1 Å². The Morgan fingerprint density at radius 1 is 1.26 bits per heavy atom. The molecule has 1 aliphatic rings. The minimum Gasteiger partial charge on any atom is -0.373 e. The number of nitrogens with zero attached hydrogens (tertiary/aromatic N) is 1. The maximum atomic E-state index is 11.1. The topological polar surface area (TPSA) is 76.1 Å². The van der Waals surface area contributed by atoms with Crippen LogP contribution in [0.1, 0.15) is 31.9 Å². The second-order valence-corrected chi connectivity index (χ2v) is 7.87. The molecule has 1 atom stereocenters. The van der Waals surface area contributed by atoms with Gasteiger partial charge in [0.25, 0.3) is 0 Å². The first-order chi connectivity index (χ1) is 10.6. The number of ether oxygens (including phenoxy) is 1. The van der Waals surface area contributed by atoms with Gasteiger partial charge in [0.1, 0.15) is 6.10 Å². The van der Waals surface area contributed by atoms with Crippen molar-refractivity contribution in [2.24, 2.45) is 0 Å². The first-order valence-corrected chi connectivity index (χ1v) is 9.08. The van der Waals surface area contributed by atoms with E-state index in [0.29, 0.717) is 6.54 Å². The Morgan fingerprint density at radius 3 is 2.52 bits per heavy atom. The normalized spacial score (nSPS) is 17.7. The summed E-state index contributed by atoms with van der Waals surface area (Å²) in [5.41, 5.74) is 2.15. The Labute approximate surface area is 138 Å². The van der Waals surface area contributed by atoms with E-state index >= 15 is 0 Å². The standard InChI is InChI=1S/C16H25NO5S/c1-16(2,3)21-12-15(22-23(18,19)20)11-17-9-8-13-6-4-5-7-14(13)10-17/h4-7,15H,8-12H2,1-3H3,(H,18,19,20). The fraction of sp³-hybridized carbons (Fsp3) is 0.625. The van der Waals surface area contributed by atoms with Crippen molar-refractivity contribution in [1.82, 2.24) is 4.90 Å². The molecule has 1 aliphatic heterocycles. The van der Waals surface area contributed by atoms with Crippen molar-refractivity contribution in [3.05, 3.63) is 35.4 Å². The van der Waals surface area contributed by atoms with Gasteiger partial charge < -0.3 is 4.74 Å². The van der Waals surface area contributed by atoms with E-state index in [1.807, 2.05) is 32.9 Å². The van der Waals surface area contributed by atoms with Crippen LogP contribution in [0, 0.1) is 0 Å². The van der Waals surface area contributed by atoms with E-state index in [4.69, 9.17) is 13.5 Å². The van der Waals surface area contributed by atoms with Crippen molar-refractivity contribution in [3.63, 3.8) is 0 Å². The smallest absolute Gasteiger partial charge is 0.373 e. The summed E-state index contributed by atoms with van der Waals surface area (Å²) in [7, 11) is -4.51. The quantitative estimate of drug-likeness (QED) is 0.797. The van der Waals surface area contributed by atoms with Crippen molar-refractivity contribution in [2.45, 2.75) is 45.4 Å². The lowest BCUT2D eigenvalue weighted by Crippen LogP contribution is -2.41. The van der Waals surface area contributed by atoms with Gasteiger partial charge in [-0.05, 0) is 38.3 Å². The van der Waals surface area contributed by atoms with E-state index in [-0.39, 0.29) is 6.61 Å². The molecule has 0 saturated carbocycles. The molecular formula is C16H25NO5S. The largest absolute Gasteiger partial charge is 0.397 e. The van der Waals surface area contributed by atoms with Crippen LogP contribution in [-0.2, 0) is 32.3 Å². The summed E-state index contributed by atoms with van der Waals surface area (Å²) in [6.45, 7) is 7.68. The summed E-state index contributed by atoms with van der Waals surface area (Å²) < 4.78 is 41.5. The molecule has 0 radical (unpaired) electrons. The van der Waals surface area contributed by atoms with Crippen LogP contribution >= 0.6 is 0 Å². The van der Waals surface area contributed by atoms with Gasteiger partial charge in [0.2, 0.25) is 0 Å². The Hall–Kier alpha value is -0.990. The number of rotatable bonds is 6. The molecule has 6 nitrogen and oxygen atoms in total. The molecule has 0 amide bonds. The predicted molar refractivity (Wildman–Crippen MR) is 87.5 cm³/mol. The lowest BCUT2D eigenvalue weighted by atomic mass is 10.00. The molecule has 0 fully saturated rings. The first-order valence-electron chi connectivity index (χ1n) is 7.71. The summed E-state index contributed by atoms with van der Waals surface area (Å²) in [5, 5.41) is 0. The van der Waals surface area contributed by atoms with Crippen LogP contribution in [0.25, 0.3) is 0 Å².